The van der Waals surface area contributed by atoms with Crippen LogP contribution in [-0.4, -0.2) is 29.3 Å². The van der Waals surface area contributed by atoms with E-state index in [1.54, 1.807) is 0 Å². The van der Waals surface area contributed by atoms with Crippen molar-refractivity contribution in [3.05, 3.63) is 135 Å². The van der Waals surface area contributed by atoms with Gasteiger partial charge in [0, 0.05) is 42.2 Å². The van der Waals surface area contributed by atoms with Crippen molar-refractivity contribution in [2.24, 2.45) is 5.41 Å². The summed E-state index contributed by atoms with van der Waals surface area (Å²) in [5.41, 5.74) is 19.0. The minimum absolute atomic E-state index is 0.0380. The van der Waals surface area contributed by atoms with E-state index in [2.05, 4.69) is 163 Å². The van der Waals surface area contributed by atoms with E-state index in [0.717, 1.165) is 37.7 Å². The number of rotatable bonds is 7. The molecule has 236 valence electrons. The Morgan fingerprint density at radius 1 is 1.13 bits per heavy atom. The molecule has 5 rings (SSSR count). The van der Waals surface area contributed by atoms with Gasteiger partial charge in [0.25, 0.3) is 0 Å². The molecule has 1 aromatic carbocycles. The van der Waals surface area contributed by atoms with Gasteiger partial charge in [-0.1, -0.05) is 76.1 Å². The number of hydrogen-bond acceptors (Lipinski definition) is 1. The van der Waals surface area contributed by atoms with Crippen molar-refractivity contribution in [2.45, 2.75) is 86.0 Å². The molecule has 2 heteroatoms. The highest BCUT2D eigenvalue weighted by Crippen LogP contribution is 2.44. The van der Waals surface area contributed by atoms with Crippen molar-refractivity contribution < 1.29 is 4.58 Å². The quantitative estimate of drug-likeness (QED) is 0.170. The molecular formula is C44H51N2+. The summed E-state index contributed by atoms with van der Waals surface area (Å²) in [6.45, 7) is 16.0. The molecule has 3 aliphatic carbocycles. The van der Waals surface area contributed by atoms with Crippen LogP contribution >= 0.6 is 0 Å². The average Bonchev–Trinajstić information content (AvgIpc) is 3.23. The van der Waals surface area contributed by atoms with Gasteiger partial charge < -0.3 is 4.90 Å². The lowest BCUT2D eigenvalue weighted by Gasteiger charge is -2.31. The van der Waals surface area contributed by atoms with Crippen LogP contribution in [0.2, 0.25) is 0 Å². The lowest BCUT2D eigenvalue weighted by molar-refractivity contribution is -0.401. The molecule has 0 aromatic heterocycles. The lowest BCUT2D eigenvalue weighted by atomic mass is 9.76. The molecule has 1 heterocycles. The van der Waals surface area contributed by atoms with Crippen molar-refractivity contribution in [1.29, 1.82) is 0 Å². The molecule has 0 saturated heterocycles. The summed E-state index contributed by atoms with van der Waals surface area (Å²) in [4.78, 5) is 2.24. The third kappa shape index (κ3) is 6.23. The zero-order chi connectivity index (χ0) is 33.2. The van der Waals surface area contributed by atoms with Gasteiger partial charge >= 0.3 is 0 Å². The highest BCUT2D eigenvalue weighted by atomic mass is 15.1. The zero-order valence-electron chi connectivity index (χ0n) is 29.5. The minimum atomic E-state index is -0.0907. The molecule has 0 amide bonds. The van der Waals surface area contributed by atoms with E-state index in [9.17, 15) is 0 Å². The molecule has 0 atom stereocenters. The Balaban J connectivity index is 1.43. The number of fused-ring (bicyclic) bond motifs is 3. The fourth-order valence-corrected chi connectivity index (χ4v) is 7.65. The van der Waals surface area contributed by atoms with Gasteiger partial charge in [0.15, 0.2) is 5.71 Å². The van der Waals surface area contributed by atoms with Crippen LogP contribution in [0.15, 0.2) is 118 Å². The van der Waals surface area contributed by atoms with Crippen LogP contribution in [0.1, 0.15) is 90.8 Å². The summed E-state index contributed by atoms with van der Waals surface area (Å²) in [6.07, 6.45) is 35.5. The van der Waals surface area contributed by atoms with Crippen LogP contribution in [0, 0.1) is 17.8 Å². The number of terminal acetylenes is 1. The van der Waals surface area contributed by atoms with E-state index in [1.807, 2.05) is 0 Å². The van der Waals surface area contributed by atoms with Gasteiger partial charge in [-0.15, -0.1) is 12.2 Å². The Bertz CT molecular complexity index is 1830. The smallest absolute Gasteiger partial charge is 0.210 e. The number of nitrogens with zero attached hydrogens (tertiary/aromatic N) is 2. The molecule has 1 aromatic rings. The van der Waals surface area contributed by atoms with Crippen LogP contribution in [0.4, 0.5) is 5.69 Å². The lowest BCUT2D eigenvalue weighted by Crippen LogP contribution is -2.27. The zero-order valence-corrected chi connectivity index (χ0v) is 29.5. The van der Waals surface area contributed by atoms with E-state index >= 15 is 0 Å². The molecular weight excluding hydrogens is 556 g/mol. The van der Waals surface area contributed by atoms with Crippen molar-refractivity contribution in [3.63, 3.8) is 0 Å². The molecule has 1 aliphatic heterocycles. The number of allylic oxidation sites excluding steroid dienone is 16. The van der Waals surface area contributed by atoms with Crippen molar-refractivity contribution in [2.75, 3.05) is 14.1 Å². The molecule has 0 radical (unpaired) electrons. The largest absolute Gasteiger partial charge is 0.354 e. The maximum Gasteiger partial charge on any atom is 0.210 e. The normalized spacial score (nSPS) is 20.3. The van der Waals surface area contributed by atoms with Crippen LogP contribution in [0.5, 0.6) is 0 Å². The van der Waals surface area contributed by atoms with Gasteiger partial charge in [-0.3, -0.25) is 0 Å². The fourth-order valence-electron chi connectivity index (χ4n) is 7.65. The standard InChI is InChI=1S/C44H51N2/c1-11-32-19-13-15-24-37(32)41(43(4,5)6)31(3)45(9)30-18-23-33-21-17-22-34(36(33)12-2)27-29-40-44(7,8)42-38-25-16-14-20-35(38)26-28-39(42)46(40)10/h1,14-15,17-18,21,23-30H,12-13,19-20,22H2,2-10H3/q+1/b41-31-. The first-order valence-corrected chi connectivity index (χ1v) is 16.8. The van der Waals surface area contributed by atoms with Crippen molar-refractivity contribution in [3.8, 4) is 12.3 Å². The van der Waals surface area contributed by atoms with Crippen LogP contribution in [-0.2, 0) is 11.8 Å². The SMILES string of the molecule is C#CC1=C(/C(=C(\C)N(C)/C=C/C=C2\C=CCC(/C=C/C3=[N+](C)c4ccc5c(c4C3(C)C)C=C=CC5)=C2CC)C(C)(C)C)C=CCC1. The van der Waals surface area contributed by atoms with Gasteiger partial charge in [0.05, 0.1) is 5.41 Å². The summed E-state index contributed by atoms with van der Waals surface area (Å²) in [6, 6.07) is 4.58. The predicted molar refractivity (Wildman–Crippen MR) is 198 cm³/mol. The van der Waals surface area contributed by atoms with Crippen LogP contribution in [0.3, 0.4) is 0 Å². The topological polar surface area (TPSA) is 6.25 Å². The highest BCUT2D eigenvalue weighted by Gasteiger charge is 2.45. The Labute approximate surface area is 278 Å². The molecule has 0 fully saturated rings. The summed E-state index contributed by atoms with van der Waals surface area (Å²) in [7, 11) is 4.35. The second-order valence-electron chi connectivity index (χ2n) is 14.4. The molecule has 0 spiro atoms. The van der Waals surface area contributed by atoms with Gasteiger partial charge in [0.2, 0.25) is 5.69 Å². The van der Waals surface area contributed by atoms with E-state index in [1.165, 1.54) is 61.7 Å². The molecule has 0 saturated carbocycles. The summed E-state index contributed by atoms with van der Waals surface area (Å²) >= 11 is 0. The Kier molecular flexibility index (Phi) is 9.49. The Morgan fingerprint density at radius 3 is 2.63 bits per heavy atom. The minimum Gasteiger partial charge on any atom is -0.354 e. The van der Waals surface area contributed by atoms with Gasteiger partial charge in [-0.2, -0.15) is 4.58 Å². The van der Waals surface area contributed by atoms with E-state index in [-0.39, 0.29) is 10.8 Å². The molecule has 0 unspecified atom stereocenters. The summed E-state index contributed by atoms with van der Waals surface area (Å²) in [5.74, 6) is 2.97. The second-order valence-corrected chi connectivity index (χ2v) is 14.4. The first-order chi connectivity index (χ1) is 21.9. The van der Waals surface area contributed by atoms with E-state index in [4.69, 9.17) is 6.42 Å². The second kappa shape index (κ2) is 13.2. The summed E-state index contributed by atoms with van der Waals surface area (Å²) < 4.78 is 2.38. The number of hydrogen-bond donors (Lipinski definition) is 0. The molecule has 4 aliphatic rings. The molecule has 0 N–H and O–H groups in total. The van der Waals surface area contributed by atoms with Gasteiger partial charge in [-0.25, -0.2) is 0 Å². The van der Waals surface area contributed by atoms with Crippen LogP contribution < -0.4 is 0 Å². The fraction of sp³-hybridized carbons (Fsp3) is 0.364. The number of benzene rings is 1. The van der Waals surface area contributed by atoms with E-state index < -0.39 is 0 Å². The highest BCUT2D eigenvalue weighted by molar-refractivity contribution is 6.04. The van der Waals surface area contributed by atoms with Gasteiger partial charge in [0.1, 0.15) is 7.05 Å². The van der Waals surface area contributed by atoms with Crippen molar-refractivity contribution >= 4 is 17.5 Å². The van der Waals surface area contributed by atoms with Gasteiger partial charge in [-0.05, 0) is 116 Å². The Hall–Kier alpha value is -4.31. The maximum atomic E-state index is 5.95. The maximum absolute atomic E-state index is 5.95. The molecule has 2 nitrogen and oxygen atoms in total. The van der Waals surface area contributed by atoms with E-state index in [0.29, 0.717) is 0 Å². The summed E-state index contributed by atoms with van der Waals surface area (Å²) in [5, 5.41) is 0. The average molecular weight is 608 g/mol. The predicted octanol–water partition coefficient (Wildman–Crippen LogP) is 10.6. The monoisotopic (exact) mass is 607 g/mol. The third-order valence-corrected chi connectivity index (χ3v) is 9.98. The third-order valence-electron chi connectivity index (χ3n) is 9.98. The van der Waals surface area contributed by atoms with Crippen LogP contribution in [0.25, 0.3) is 6.08 Å². The van der Waals surface area contributed by atoms with Crippen molar-refractivity contribution in [1.82, 2.24) is 4.90 Å². The first-order valence-electron chi connectivity index (χ1n) is 16.8. The molecule has 0 bridgehead atoms. The molecule has 46 heavy (non-hydrogen) atoms. The first kappa shape index (κ1) is 33.1. The Morgan fingerprint density at radius 2 is 1.91 bits per heavy atom.